The molecule has 3 amide bonds. The number of carbonyl (C=O) groups excluding carboxylic acids is 2. The van der Waals surface area contributed by atoms with Gasteiger partial charge in [0.2, 0.25) is 5.91 Å². The van der Waals surface area contributed by atoms with Crippen molar-refractivity contribution in [1.82, 2.24) is 10.2 Å². The van der Waals surface area contributed by atoms with E-state index >= 15 is 0 Å². The van der Waals surface area contributed by atoms with E-state index in [2.05, 4.69) is 10.6 Å². The Bertz CT molecular complexity index is 794. The Morgan fingerprint density at radius 1 is 1.08 bits per heavy atom. The molecule has 0 unspecified atom stereocenters. The molecule has 2 atom stereocenters. The van der Waals surface area contributed by atoms with E-state index in [0.717, 1.165) is 11.1 Å². The Morgan fingerprint density at radius 3 is 2.42 bits per heavy atom. The van der Waals surface area contributed by atoms with Crippen molar-refractivity contribution in [2.24, 2.45) is 0 Å². The van der Waals surface area contributed by atoms with Crippen LogP contribution >= 0.6 is 11.6 Å². The van der Waals surface area contributed by atoms with E-state index in [9.17, 15) is 9.59 Å². The van der Waals surface area contributed by atoms with Crippen LogP contribution in [-0.2, 0) is 4.79 Å². The van der Waals surface area contributed by atoms with Crippen molar-refractivity contribution in [3.63, 3.8) is 0 Å². The summed E-state index contributed by atoms with van der Waals surface area (Å²) in [5.41, 5.74) is 2.50. The van der Waals surface area contributed by atoms with Crippen LogP contribution in [0.5, 0.6) is 0 Å². The van der Waals surface area contributed by atoms with Gasteiger partial charge in [0.25, 0.3) is 0 Å². The first-order chi connectivity index (χ1) is 12.3. The second-order valence-corrected chi connectivity index (χ2v) is 6.69. The van der Waals surface area contributed by atoms with Crippen LogP contribution in [-0.4, -0.2) is 23.9 Å². The third kappa shape index (κ3) is 4.99. The summed E-state index contributed by atoms with van der Waals surface area (Å²) in [5.74, 6) is -0.132. The lowest BCUT2D eigenvalue weighted by Crippen LogP contribution is -2.40. The van der Waals surface area contributed by atoms with Gasteiger partial charge in [-0.15, -0.1) is 0 Å². The standard InChI is InChI=1S/C20H24ClN3O2/c1-13(16-8-7-9-17(12-16)23-15(3)25)22-20(26)24(4)14(2)18-10-5-6-11-19(18)21/h5-14H,1-4H3,(H,22,26)(H,23,25)/t13-,14+/m1/s1. The van der Waals surface area contributed by atoms with Gasteiger partial charge in [-0.1, -0.05) is 41.9 Å². The molecular formula is C20H24ClN3O2. The molecule has 0 heterocycles. The van der Waals surface area contributed by atoms with Gasteiger partial charge in [0.1, 0.15) is 0 Å². The fourth-order valence-corrected chi connectivity index (χ4v) is 2.95. The molecule has 2 aromatic rings. The molecule has 2 N–H and O–H groups in total. The zero-order chi connectivity index (χ0) is 19.3. The molecule has 0 radical (unpaired) electrons. The number of nitrogens with one attached hydrogen (secondary N) is 2. The highest BCUT2D eigenvalue weighted by atomic mass is 35.5. The van der Waals surface area contributed by atoms with Crippen LogP contribution in [0.3, 0.4) is 0 Å². The quantitative estimate of drug-likeness (QED) is 0.793. The molecule has 2 aromatic carbocycles. The molecule has 2 rings (SSSR count). The minimum atomic E-state index is -0.211. The number of nitrogens with zero attached hydrogens (tertiary/aromatic N) is 1. The largest absolute Gasteiger partial charge is 0.331 e. The maximum atomic E-state index is 12.6. The van der Waals surface area contributed by atoms with Crippen molar-refractivity contribution >= 4 is 29.2 Å². The third-order valence-electron chi connectivity index (χ3n) is 4.30. The topological polar surface area (TPSA) is 61.4 Å². The van der Waals surface area contributed by atoms with E-state index in [4.69, 9.17) is 11.6 Å². The number of carbonyl (C=O) groups is 2. The third-order valence-corrected chi connectivity index (χ3v) is 4.65. The van der Waals surface area contributed by atoms with Gasteiger partial charge in [0, 0.05) is 24.7 Å². The molecule has 0 aliphatic heterocycles. The van der Waals surface area contributed by atoms with E-state index < -0.39 is 0 Å². The van der Waals surface area contributed by atoms with Crippen molar-refractivity contribution < 1.29 is 9.59 Å². The van der Waals surface area contributed by atoms with Crippen molar-refractivity contribution in [2.45, 2.75) is 32.9 Å². The highest BCUT2D eigenvalue weighted by molar-refractivity contribution is 6.31. The number of anilines is 1. The van der Waals surface area contributed by atoms with Crippen LogP contribution in [0.2, 0.25) is 5.02 Å². The Labute approximate surface area is 159 Å². The normalized spacial score (nSPS) is 12.8. The Balaban J connectivity index is 2.06. The minimum absolute atomic E-state index is 0.132. The number of rotatable bonds is 5. The van der Waals surface area contributed by atoms with E-state index in [1.807, 2.05) is 62.4 Å². The summed E-state index contributed by atoms with van der Waals surface area (Å²) in [4.78, 5) is 25.4. The van der Waals surface area contributed by atoms with Gasteiger partial charge < -0.3 is 15.5 Å². The van der Waals surface area contributed by atoms with E-state index in [0.29, 0.717) is 10.7 Å². The zero-order valence-corrected chi connectivity index (χ0v) is 16.2. The lowest BCUT2D eigenvalue weighted by Gasteiger charge is -2.28. The average Bonchev–Trinajstić information content (AvgIpc) is 2.60. The van der Waals surface area contributed by atoms with Crippen LogP contribution in [0.25, 0.3) is 0 Å². The van der Waals surface area contributed by atoms with Crippen LogP contribution in [0.4, 0.5) is 10.5 Å². The second kappa shape index (κ2) is 8.72. The van der Waals surface area contributed by atoms with Gasteiger partial charge in [-0.25, -0.2) is 4.79 Å². The SMILES string of the molecule is CC(=O)Nc1cccc([C@@H](C)NC(=O)N(C)[C@@H](C)c2ccccc2Cl)c1. The van der Waals surface area contributed by atoms with Gasteiger partial charge in [0.05, 0.1) is 12.1 Å². The predicted molar refractivity (Wildman–Crippen MR) is 105 cm³/mol. The molecule has 0 saturated carbocycles. The maximum absolute atomic E-state index is 12.6. The summed E-state index contributed by atoms with van der Waals surface area (Å²) in [6.45, 7) is 5.30. The molecule has 0 aliphatic rings. The molecule has 0 spiro atoms. The van der Waals surface area contributed by atoms with Crippen molar-refractivity contribution in [2.75, 3.05) is 12.4 Å². The lowest BCUT2D eigenvalue weighted by atomic mass is 10.1. The fourth-order valence-electron chi connectivity index (χ4n) is 2.66. The number of benzene rings is 2. The average molecular weight is 374 g/mol. The van der Waals surface area contributed by atoms with Gasteiger partial charge in [-0.3, -0.25) is 4.79 Å². The molecule has 6 heteroatoms. The number of hydrogen-bond donors (Lipinski definition) is 2. The summed E-state index contributed by atoms with van der Waals surface area (Å²) in [6.07, 6.45) is 0. The first-order valence-corrected chi connectivity index (χ1v) is 8.82. The van der Waals surface area contributed by atoms with Gasteiger partial charge >= 0.3 is 6.03 Å². The number of urea groups is 1. The molecule has 5 nitrogen and oxygen atoms in total. The van der Waals surface area contributed by atoms with Crippen molar-refractivity contribution in [3.05, 3.63) is 64.7 Å². The molecule has 0 saturated heterocycles. The van der Waals surface area contributed by atoms with Crippen LogP contribution < -0.4 is 10.6 Å². The summed E-state index contributed by atoms with van der Waals surface area (Å²) >= 11 is 6.24. The first-order valence-electron chi connectivity index (χ1n) is 8.45. The Kier molecular flexibility index (Phi) is 6.64. The van der Waals surface area contributed by atoms with E-state index in [1.165, 1.54) is 6.92 Å². The summed E-state index contributed by atoms with van der Waals surface area (Å²) in [5, 5.41) is 6.36. The van der Waals surface area contributed by atoms with Crippen LogP contribution in [0.1, 0.15) is 44.0 Å². The van der Waals surface area contributed by atoms with Crippen molar-refractivity contribution in [1.29, 1.82) is 0 Å². The lowest BCUT2D eigenvalue weighted by molar-refractivity contribution is -0.114. The predicted octanol–water partition coefficient (Wildman–Crippen LogP) is 4.76. The summed E-state index contributed by atoms with van der Waals surface area (Å²) in [7, 11) is 1.74. The molecule has 26 heavy (non-hydrogen) atoms. The van der Waals surface area contributed by atoms with E-state index in [-0.39, 0.29) is 24.0 Å². The van der Waals surface area contributed by atoms with Gasteiger partial charge in [-0.05, 0) is 43.2 Å². The van der Waals surface area contributed by atoms with Crippen LogP contribution in [0, 0.1) is 0 Å². The van der Waals surface area contributed by atoms with Gasteiger partial charge in [0.15, 0.2) is 0 Å². The second-order valence-electron chi connectivity index (χ2n) is 6.29. The molecule has 138 valence electrons. The summed E-state index contributed by atoms with van der Waals surface area (Å²) < 4.78 is 0. The number of hydrogen-bond acceptors (Lipinski definition) is 2. The zero-order valence-electron chi connectivity index (χ0n) is 15.4. The van der Waals surface area contributed by atoms with Crippen LogP contribution in [0.15, 0.2) is 48.5 Å². The molecule has 0 aromatic heterocycles. The molecular weight excluding hydrogens is 350 g/mol. The monoisotopic (exact) mass is 373 g/mol. The first kappa shape index (κ1) is 19.8. The maximum Gasteiger partial charge on any atom is 0.318 e. The molecule has 0 fully saturated rings. The highest BCUT2D eigenvalue weighted by Crippen LogP contribution is 2.26. The fraction of sp³-hybridized carbons (Fsp3) is 0.300. The highest BCUT2D eigenvalue weighted by Gasteiger charge is 2.21. The van der Waals surface area contributed by atoms with Crippen molar-refractivity contribution in [3.8, 4) is 0 Å². The minimum Gasteiger partial charge on any atom is -0.331 e. The molecule has 0 bridgehead atoms. The smallest absolute Gasteiger partial charge is 0.318 e. The van der Waals surface area contributed by atoms with Gasteiger partial charge in [-0.2, -0.15) is 0 Å². The number of halogens is 1. The molecule has 0 aliphatic carbocycles. The van der Waals surface area contributed by atoms with E-state index in [1.54, 1.807) is 11.9 Å². The summed E-state index contributed by atoms with van der Waals surface area (Å²) in [6, 6.07) is 14.3. The Hall–Kier alpha value is -2.53. The Morgan fingerprint density at radius 2 is 1.77 bits per heavy atom. The number of amides is 3.